The van der Waals surface area contributed by atoms with Crippen LogP contribution in [0.25, 0.3) is 16.4 Å². The van der Waals surface area contributed by atoms with Gasteiger partial charge in [0.05, 0.1) is 29.8 Å². The molecule has 0 saturated heterocycles. The number of benzene rings is 1. The number of hydrogen-bond donors (Lipinski definition) is 0. The lowest BCUT2D eigenvalue weighted by Gasteiger charge is -2.07. The monoisotopic (exact) mass is 381 g/mol. The van der Waals surface area contributed by atoms with Gasteiger partial charge in [0, 0.05) is 10.9 Å². The molecule has 1 aromatic carbocycles. The molecular weight excluding hydrogens is 367 g/mol. The molecule has 0 bridgehead atoms. The average molecular weight is 381 g/mol. The molecule has 2 heterocycles. The number of halogens is 3. The molecular formula is C17H14F3N3O2S. The van der Waals surface area contributed by atoms with Crippen LogP contribution in [0.2, 0.25) is 0 Å². The Morgan fingerprint density at radius 2 is 2.12 bits per heavy atom. The van der Waals surface area contributed by atoms with Crippen LogP contribution >= 0.6 is 11.3 Å². The molecule has 3 aromatic rings. The van der Waals surface area contributed by atoms with Crippen molar-refractivity contribution in [2.24, 2.45) is 0 Å². The highest BCUT2D eigenvalue weighted by atomic mass is 32.1. The molecule has 5 nitrogen and oxygen atoms in total. The van der Waals surface area contributed by atoms with E-state index in [1.807, 2.05) is 0 Å². The van der Waals surface area contributed by atoms with E-state index >= 15 is 0 Å². The van der Waals surface area contributed by atoms with Gasteiger partial charge in [-0.05, 0) is 26.0 Å². The van der Waals surface area contributed by atoms with Crippen molar-refractivity contribution in [3.63, 3.8) is 0 Å². The first-order chi connectivity index (χ1) is 12.3. The van der Waals surface area contributed by atoms with Crippen LogP contribution in [0, 0.1) is 6.92 Å². The third kappa shape index (κ3) is 3.48. The summed E-state index contributed by atoms with van der Waals surface area (Å²) in [4.78, 5) is 16.2. The highest BCUT2D eigenvalue weighted by molar-refractivity contribution is 7.12. The van der Waals surface area contributed by atoms with Crippen LogP contribution in [0.3, 0.4) is 0 Å². The standard InChI is InChI=1S/C17H14F3N3O2S/c1-3-25-15(24)13-8-21-23(10(13)2)16-22-14(9-26-16)11-5-4-6-12(7-11)17(18,19)20/h4-9H,3H2,1-2H3. The smallest absolute Gasteiger partial charge is 0.416 e. The summed E-state index contributed by atoms with van der Waals surface area (Å²) in [6.45, 7) is 3.66. The van der Waals surface area contributed by atoms with Crippen LogP contribution in [0.4, 0.5) is 13.2 Å². The fourth-order valence-electron chi connectivity index (χ4n) is 2.36. The van der Waals surface area contributed by atoms with Crippen LogP contribution in [0.15, 0.2) is 35.8 Å². The van der Waals surface area contributed by atoms with E-state index in [2.05, 4.69) is 10.1 Å². The lowest BCUT2D eigenvalue weighted by molar-refractivity contribution is -0.137. The summed E-state index contributed by atoms with van der Waals surface area (Å²) in [5, 5.41) is 6.24. The largest absolute Gasteiger partial charge is 0.462 e. The second-order valence-electron chi connectivity index (χ2n) is 5.37. The minimum Gasteiger partial charge on any atom is -0.462 e. The Balaban J connectivity index is 1.93. The quantitative estimate of drug-likeness (QED) is 0.625. The van der Waals surface area contributed by atoms with Crippen LogP contribution < -0.4 is 0 Å². The number of hydrogen-bond acceptors (Lipinski definition) is 5. The lowest BCUT2D eigenvalue weighted by Crippen LogP contribution is -2.06. The highest BCUT2D eigenvalue weighted by Crippen LogP contribution is 2.33. The summed E-state index contributed by atoms with van der Waals surface area (Å²) in [5.41, 5.74) is 0.905. The molecule has 0 spiro atoms. The summed E-state index contributed by atoms with van der Waals surface area (Å²) in [5.74, 6) is -0.481. The predicted octanol–water partition coefficient (Wildman–Crippen LogP) is 4.50. The first-order valence-electron chi connectivity index (χ1n) is 7.66. The van der Waals surface area contributed by atoms with Crippen molar-refractivity contribution in [1.29, 1.82) is 0 Å². The molecule has 2 aromatic heterocycles. The summed E-state index contributed by atoms with van der Waals surface area (Å²) in [6.07, 6.45) is -3.03. The van der Waals surface area contributed by atoms with Gasteiger partial charge in [-0.3, -0.25) is 0 Å². The first kappa shape index (κ1) is 18.1. The van der Waals surface area contributed by atoms with Gasteiger partial charge < -0.3 is 4.74 Å². The molecule has 9 heteroatoms. The number of carbonyl (C=O) groups is 1. The van der Waals surface area contributed by atoms with E-state index in [1.165, 1.54) is 28.3 Å². The number of aromatic nitrogens is 3. The summed E-state index contributed by atoms with van der Waals surface area (Å²) in [6, 6.07) is 4.97. The van der Waals surface area contributed by atoms with Crippen molar-refractivity contribution < 1.29 is 22.7 Å². The van der Waals surface area contributed by atoms with Crippen LogP contribution in [-0.4, -0.2) is 27.3 Å². The van der Waals surface area contributed by atoms with Gasteiger partial charge in [-0.2, -0.15) is 18.3 Å². The van der Waals surface area contributed by atoms with Gasteiger partial charge in [-0.15, -0.1) is 11.3 Å². The average Bonchev–Trinajstić information content (AvgIpc) is 3.21. The zero-order valence-corrected chi connectivity index (χ0v) is 14.7. The number of rotatable bonds is 4. The second-order valence-corrected chi connectivity index (χ2v) is 6.21. The third-order valence-corrected chi connectivity index (χ3v) is 4.48. The maximum absolute atomic E-state index is 12.9. The highest BCUT2D eigenvalue weighted by Gasteiger charge is 2.30. The molecule has 26 heavy (non-hydrogen) atoms. The number of thiazole rings is 1. The van der Waals surface area contributed by atoms with E-state index in [4.69, 9.17) is 4.74 Å². The molecule has 0 N–H and O–H groups in total. The van der Waals surface area contributed by atoms with Gasteiger partial charge in [0.15, 0.2) is 0 Å². The topological polar surface area (TPSA) is 57.0 Å². The van der Waals surface area contributed by atoms with Crippen LogP contribution in [0.1, 0.15) is 28.5 Å². The zero-order valence-electron chi connectivity index (χ0n) is 13.9. The van der Waals surface area contributed by atoms with Gasteiger partial charge in [0.2, 0.25) is 5.13 Å². The van der Waals surface area contributed by atoms with Gasteiger partial charge in [-0.25, -0.2) is 14.5 Å². The summed E-state index contributed by atoms with van der Waals surface area (Å²) in [7, 11) is 0. The molecule has 0 unspecified atom stereocenters. The third-order valence-electron chi connectivity index (χ3n) is 3.66. The first-order valence-corrected chi connectivity index (χ1v) is 8.54. The molecule has 0 fully saturated rings. The molecule has 0 aliphatic heterocycles. The Kier molecular flexibility index (Phi) is 4.82. The fourth-order valence-corrected chi connectivity index (χ4v) is 3.20. The number of nitrogens with zero attached hydrogens (tertiary/aromatic N) is 3. The van der Waals surface area contributed by atoms with E-state index in [0.29, 0.717) is 27.6 Å². The van der Waals surface area contributed by atoms with Crippen molar-refractivity contribution in [3.05, 3.63) is 52.7 Å². The zero-order chi connectivity index (χ0) is 18.9. The minimum atomic E-state index is -4.41. The summed E-state index contributed by atoms with van der Waals surface area (Å²) >= 11 is 1.22. The summed E-state index contributed by atoms with van der Waals surface area (Å²) < 4.78 is 45.0. The SMILES string of the molecule is CCOC(=O)c1cnn(-c2nc(-c3cccc(C(F)(F)F)c3)cs2)c1C. The van der Waals surface area contributed by atoms with Crippen LogP contribution in [-0.2, 0) is 10.9 Å². The Hall–Kier alpha value is -2.68. The second kappa shape index (κ2) is 6.91. The molecule has 0 atom stereocenters. The van der Waals surface area contributed by atoms with Crippen molar-refractivity contribution in [2.75, 3.05) is 6.61 Å². The van der Waals surface area contributed by atoms with Gasteiger partial charge in [0.25, 0.3) is 0 Å². The van der Waals surface area contributed by atoms with E-state index in [9.17, 15) is 18.0 Å². The Morgan fingerprint density at radius 3 is 2.81 bits per heavy atom. The van der Waals surface area contributed by atoms with E-state index < -0.39 is 17.7 Å². The molecule has 0 radical (unpaired) electrons. The van der Waals surface area contributed by atoms with E-state index in [-0.39, 0.29) is 6.61 Å². The van der Waals surface area contributed by atoms with Crippen LogP contribution in [0.5, 0.6) is 0 Å². The van der Waals surface area contributed by atoms with Crippen molar-refractivity contribution in [2.45, 2.75) is 20.0 Å². The molecule has 136 valence electrons. The van der Waals surface area contributed by atoms with Gasteiger partial charge >= 0.3 is 12.1 Å². The van der Waals surface area contributed by atoms with E-state index in [0.717, 1.165) is 12.1 Å². The molecule has 0 aliphatic carbocycles. The van der Waals surface area contributed by atoms with Gasteiger partial charge in [-0.1, -0.05) is 12.1 Å². The maximum Gasteiger partial charge on any atom is 0.416 e. The minimum absolute atomic E-state index is 0.250. The maximum atomic E-state index is 12.9. The van der Waals surface area contributed by atoms with Crippen molar-refractivity contribution in [1.82, 2.24) is 14.8 Å². The van der Waals surface area contributed by atoms with Crippen molar-refractivity contribution >= 4 is 17.3 Å². The molecule has 0 amide bonds. The fraction of sp³-hybridized carbons (Fsp3) is 0.235. The number of alkyl halides is 3. The Bertz CT molecular complexity index is 947. The number of esters is 1. The molecule has 3 rings (SSSR count). The van der Waals surface area contributed by atoms with E-state index in [1.54, 1.807) is 25.3 Å². The van der Waals surface area contributed by atoms with Crippen molar-refractivity contribution in [3.8, 4) is 16.4 Å². The number of ether oxygens (including phenoxy) is 1. The number of carbonyl (C=O) groups excluding carboxylic acids is 1. The lowest BCUT2D eigenvalue weighted by atomic mass is 10.1. The normalized spacial score (nSPS) is 11.6. The molecule has 0 saturated carbocycles. The predicted molar refractivity (Wildman–Crippen MR) is 90.4 cm³/mol. The van der Waals surface area contributed by atoms with Gasteiger partial charge in [0.1, 0.15) is 5.56 Å². The molecule has 0 aliphatic rings. The Labute approximate surface area is 151 Å². The Morgan fingerprint density at radius 1 is 1.35 bits per heavy atom.